The summed E-state index contributed by atoms with van der Waals surface area (Å²) >= 11 is 6.86. The standard InChI is InChI=1S/C71H86ClN7O15/c1-42-20-19-21-43(2)71(89)39-59(92-68(87)74-71)44(3)66-70(5,94-66)60(38-63(83)77(8)56-35-46(34-42)36-58(90-10)65(56)72)93-67(86)45(4)76(7)62(82)29-18-17-28-57(80)54(30-31-64(84)85)73-61(81)32-33-79-48(37-47-22-11-16-27-55(47)79)40-75(6)78(9)69(88)91-41-53-51-25-14-12-23-49(51)50-24-13-15-26-52(50)53/h11-16,19-27,35-37,43-45,53-54,59-60,66,89H,17-18,28-34,38-41H2,1-10H3,(H,73,81)(H,74,87)(H,84,85)/b21-19+,42-20+/t43-,44-,45+,54+,59+,60+,66+,70-,71+/m1/s1. The van der Waals surface area contributed by atoms with Gasteiger partial charge < -0.3 is 53.6 Å². The van der Waals surface area contributed by atoms with Gasteiger partial charge in [0.05, 0.1) is 37.9 Å². The number of unbranched alkanes of at least 4 members (excludes halogenated alkanes) is 1. The number of para-hydroxylation sites is 1. The molecule has 4 heterocycles. The number of hydrogen-bond acceptors (Lipinski definition) is 15. The molecule has 94 heavy (non-hydrogen) atoms. The third kappa shape index (κ3) is 15.8. The molecule has 2 fully saturated rings. The lowest BCUT2D eigenvalue weighted by atomic mass is 9.82. The number of anilines is 1. The first-order valence-corrected chi connectivity index (χ1v) is 32.3. The van der Waals surface area contributed by atoms with Crippen LogP contribution in [0.2, 0.25) is 5.02 Å². The maximum absolute atomic E-state index is 14.5. The number of hydrogen-bond donors (Lipinski definition) is 4. The van der Waals surface area contributed by atoms with Crippen LogP contribution in [-0.2, 0) is 67.2 Å². The van der Waals surface area contributed by atoms with E-state index in [1.165, 1.54) is 35.9 Å². The van der Waals surface area contributed by atoms with Crippen molar-refractivity contribution >= 4 is 75.8 Å². The van der Waals surface area contributed by atoms with Gasteiger partial charge in [-0.05, 0) is 104 Å². The van der Waals surface area contributed by atoms with Gasteiger partial charge in [-0.2, -0.15) is 0 Å². The van der Waals surface area contributed by atoms with Crippen LogP contribution in [0, 0.1) is 11.8 Å². The lowest BCUT2D eigenvalue weighted by Crippen LogP contribution is -2.60. The van der Waals surface area contributed by atoms with E-state index in [9.17, 15) is 48.6 Å². The number of amides is 5. The average molecular weight is 1310 g/mol. The zero-order valence-electron chi connectivity index (χ0n) is 55.0. The molecule has 3 aliphatic heterocycles. The van der Waals surface area contributed by atoms with Crippen LogP contribution in [0.15, 0.2) is 115 Å². The first-order valence-electron chi connectivity index (χ1n) is 31.9. The zero-order chi connectivity index (χ0) is 67.9. The number of ether oxygens (including phenoxy) is 5. The van der Waals surface area contributed by atoms with E-state index in [0.717, 1.165) is 50.0 Å². The molecule has 0 radical (unpaired) electrons. The molecule has 9 atom stereocenters. The number of methoxy groups -OCH3 is 1. The van der Waals surface area contributed by atoms with Gasteiger partial charge in [0.25, 0.3) is 0 Å². The zero-order valence-corrected chi connectivity index (χ0v) is 55.8. The van der Waals surface area contributed by atoms with Crippen LogP contribution in [0.3, 0.4) is 0 Å². The molecule has 23 heteroatoms. The van der Waals surface area contributed by atoms with Gasteiger partial charge >= 0.3 is 24.1 Å². The Bertz CT molecular complexity index is 3710. The van der Waals surface area contributed by atoms with Gasteiger partial charge in [0, 0.05) is 95.8 Å². The Balaban J connectivity index is 0.798. The van der Waals surface area contributed by atoms with Crippen molar-refractivity contribution in [3.63, 3.8) is 0 Å². The summed E-state index contributed by atoms with van der Waals surface area (Å²) < 4.78 is 31.8. The molecular formula is C71H86ClN7O15. The number of nitrogens with zero attached hydrogens (tertiary/aromatic N) is 5. The summed E-state index contributed by atoms with van der Waals surface area (Å²) in [6, 6.07) is 27.2. The molecule has 22 nitrogen and oxygen atoms in total. The number of likely N-dealkylation sites (N-methyl/N-ethyl adjacent to an activating group) is 1. The molecule has 5 aromatic rings. The van der Waals surface area contributed by atoms with E-state index in [0.29, 0.717) is 17.9 Å². The summed E-state index contributed by atoms with van der Waals surface area (Å²) in [7, 11) is 7.86. The van der Waals surface area contributed by atoms with Gasteiger partial charge in [0.15, 0.2) is 5.78 Å². The van der Waals surface area contributed by atoms with Crippen LogP contribution < -0.4 is 20.3 Å². The number of aryl methyl sites for hydroxylation is 1. The van der Waals surface area contributed by atoms with Crippen LogP contribution in [0.1, 0.15) is 121 Å². The fourth-order valence-electron chi connectivity index (χ4n) is 12.9. The molecule has 2 saturated heterocycles. The number of rotatable bonds is 22. The second-order valence-corrected chi connectivity index (χ2v) is 25.9. The fraction of sp³-hybridized carbons (Fsp3) is 0.465. The Morgan fingerprint density at radius 2 is 1.57 bits per heavy atom. The highest BCUT2D eigenvalue weighted by atomic mass is 35.5. The molecule has 4 aromatic carbocycles. The number of carboxylic acid groups (broad SMARTS) is 1. The van der Waals surface area contributed by atoms with Gasteiger partial charge in [0.2, 0.25) is 17.7 Å². The summed E-state index contributed by atoms with van der Waals surface area (Å²) in [5.41, 5.74) is 5.14. The Morgan fingerprint density at radius 1 is 0.904 bits per heavy atom. The third-order valence-corrected chi connectivity index (χ3v) is 19.4. The molecule has 4 aliphatic rings. The highest BCUT2D eigenvalue weighted by Crippen LogP contribution is 2.50. The van der Waals surface area contributed by atoms with E-state index in [2.05, 4.69) is 34.9 Å². The number of carboxylic acids is 1. The number of allylic oxidation sites excluding steroid dienone is 3. The fourth-order valence-corrected chi connectivity index (χ4v) is 13.3. The number of alkyl carbamates (subject to hydrolysis) is 1. The molecular weight excluding hydrogens is 1230 g/mol. The van der Waals surface area contributed by atoms with Crippen LogP contribution in [-0.4, -0.2) is 161 Å². The van der Waals surface area contributed by atoms with Crippen molar-refractivity contribution in [2.45, 2.75) is 160 Å². The minimum atomic E-state index is -1.69. The van der Waals surface area contributed by atoms with E-state index in [1.807, 2.05) is 78.2 Å². The van der Waals surface area contributed by atoms with Crippen molar-refractivity contribution in [1.29, 1.82) is 0 Å². The first kappa shape index (κ1) is 69.8. The number of ketones is 1. The summed E-state index contributed by atoms with van der Waals surface area (Å²) in [6.07, 6.45) is 0.967. The maximum Gasteiger partial charge on any atom is 0.424 e. The number of aliphatic hydroxyl groups is 1. The lowest BCUT2D eigenvalue weighted by Gasteiger charge is -2.41. The number of epoxide rings is 1. The lowest BCUT2D eigenvalue weighted by molar-refractivity contribution is -0.162. The normalized spacial score (nSPS) is 23.4. The minimum Gasteiger partial charge on any atom is -0.495 e. The van der Waals surface area contributed by atoms with E-state index < -0.39 is 108 Å². The molecule has 0 saturated carbocycles. The van der Waals surface area contributed by atoms with Gasteiger partial charge in [-0.1, -0.05) is 116 Å². The minimum absolute atomic E-state index is 0.00880. The summed E-state index contributed by atoms with van der Waals surface area (Å²) in [5.74, 6) is -4.73. The number of Topliss-reactive ketones (excluding diaryl/α,β-unsaturated/α-hetero) is 1. The van der Waals surface area contributed by atoms with Crippen LogP contribution >= 0.6 is 11.6 Å². The second-order valence-electron chi connectivity index (χ2n) is 25.5. The molecule has 1 aromatic heterocycles. The largest absolute Gasteiger partial charge is 0.495 e. The number of benzene rings is 4. The van der Waals surface area contributed by atoms with Crippen LogP contribution in [0.4, 0.5) is 15.3 Å². The van der Waals surface area contributed by atoms with E-state index >= 15 is 0 Å². The number of esters is 1. The number of halogens is 1. The molecule has 0 unspecified atom stereocenters. The molecule has 5 amide bonds. The SMILES string of the molecule is COc1cc2cc(c1Cl)N(C)C(=O)C[C@H](OC(=O)[C@H](C)N(C)C(=O)CCCCC(=O)[C@H](CCC(=O)O)NC(=O)CCn1c(CN(C)N(C)C(=O)OCC3c4ccccc4-c4ccccc43)cc3ccccc31)[C@@]1(C)O[C@H]1[C@H](C)[C@@H]1C[C@@](O)(NC(=O)O1)[C@H](C)/C=C/C=C(\C)C2. The van der Waals surface area contributed by atoms with Gasteiger partial charge in [-0.15, -0.1) is 0 Å². The van der Waals surface area contributed by atoms with Crippen LogP contribution in [0.25, 0.3) is 22.0 Å². The quantitative estimate of drug-likeness (QED) is 0.0165. The molecule has 0 spiro atoms. The van der Waals surface area contributed by atoms with E-state index in [1.54, 1.807) is 65.1 Å². The van der Waals surface area contributed by atoms with E-state index in [-0.39, 0.29) is 82.0 Å². The molecule has 1 aliphatic carbocycles. The highest BCUT2D eigenvalue weighted by Gasteiger charge is 2.64. The summed E-state index contributed by atoms with van der Waals surface area (Å²) in [4.78, 5) is 111. The average Bonchev–Trinajstić information content (AvgIpc) is 1.58. The van der Waals surface area contributed by atoms with Crippen LogP contribution in [0.5, 0.6) is 5.75 Å². The molecule has 9 rings (SSSR count). The topological polar surface area (TPSA) is 268 Å². The summed E-state index contributed by atoms with van der Waals surface area (Å²) in [6.45, 7) is 9.28. The molecule has 4 N–H and O–H groups in total. The number of carbonyl (C=O) groups excluding carboxylic acids is 7. The number of fused-ring (bicyclic) bond motifs is 9. The second kappa shape index (κ2) is 29.8. The Kier molecular flexibility index (Phi) is 22.1. The van der Waals surface area contributed by atoms with Crippen molar-refractivity contribution in [3.8, 4) is 16.9 Å². The van der Waals surface area contributed by atoms with Gasteiger partial charge in [-0.3, -0.25) is 29.3 Å². The Labute approximate surface area is 553 Å². The number of aromatic nitrogens is 1. The van der Waals surface area contributed by atoms with Crippen molar-refractivity contribution in [2.24, 2.45) is 11.8 Å². The molecule has 4 bridgehead atoms. The van der Waals surface area contributed by atoms with E-state index in [4.69, 9.17) is 35.3 Å². The van der Waals surface area contributed by atoms with Crippen molar-refractivity contribution in [3.05, 3.63) is 142 Å². The monoisotopic (exact) mass is 1310 g/mol. The predicted molar refractivity (Wildman–Crippen MR) is 352 cm³/mol. The van der Waals surface area contributed by atoms with Gasteiger partial charge in [-0.25, -0.2) is 24.4 Å². The van der Waals surface area contributed by atoms with Crippen molar-refractivity contribution in [2.75, 3.05) is 46.8 Å². The number of carbonyl (C=O) groups is 8. The molecule has 502 valence electrons. The summed E-state index contributed by atoms with van der Waals surface area (Å²) in [5, 5.41) is 31.1. The van der Waals surface area contributed by atoms with Crippen molar-refractivity contribution < 1.29 is 72.3 Å². The maximum atomic E-state index is 14.5. The number of aliphatic carboxylic acids is 1. The Hall–Kier alpha value is -8.57. The number of hydrazine groups is 1. The van der Waals surface area contributed by atoms with Crippen molar-refractivity contribution in [1.82, 2.24) is 30.1 Å². The third-order valence-electron chi connectivity index (χ3n) is 19.1. The highest BCUT2D eigenvalue weighted by molar-refractivity contribution is 6.35. The smallest absolute Gasteiger partial charge is 0.424 e. The van der Waals surface area contributed by atoms with Gasteiger partial charge in [0.1, 0.15) is 47.0 Å². The Morgan fingerprint density at radius 3 is 2.27 bits per heavy atom. The first-order chi connectivity index (χ1) is 44.7. The number of nitrogens with one attached hydrogen (secondary N) is 2. The predicted octanol–water partition coefficient (Wildman–Crippen LogP) is 9.89.